The van der Waals surface area contributed by atoms with Crippen molar-refractivity contribution in [3.8, 4) is 0 Å². The lowest BCUT2D eigenvalue weighted by atomic mass is 9.49. The van der Waals surface area contributed by atoms with Gasteiger partial charge in [-0.15, -0.1) is 0 Å². The van der Waals surface area contributed by atoms with Gasteiger partial charge in [0, 0.05) is 12.5 Å². The lowest BCUT2D eigenvalue weighted by Gasteiger charge is -2.57. The molecule has 5 fully saturated rings. The van der Waals surface area contributed by atoms with Crippen molar-refractivity contribution in [1.29, 1.82) is 0 Å². The van der Waals surface area contributed by atoms with Crippen LogP contribution in [0.5, 0.6) is 0 Å². The largest absolute Gasteiger partial charge is 0.355 e. The molecule has 19 heavy (non-hydrogen) atoms. The Labute approximate surface area is 116 Å². The molecule has 5 rings (SSSR count). The molecule has 0 unspecified atom stereocenters. The van der Waals surface area contributed by atoms with Crippen LogP contribution < -0.4 is 5.32 Å². The van der Waals surface area contributed by atoms with Crippen LogP contribution in [0.15, 0.2) is 0 Å². The quantitative estimate of drug-likeness (QED) is 0.827. The van der Waals surface area contributed by atoms with E-state index in [0.29, 0.717) is 17.2 Å². The van der Waals surface area contributed by atoms with Gasteiger partial charge in [0.05, 0.1) is 0 Å². The number of hydrogen-bond acceptors (Lipinski definition) is 1. The molecule has 0 aromatic heterocycles. The average Bonchev–Trinajstić information content (AvgIpc) is 2.88. The summed E-state index contributed by atoms with van der Waals surface area (Å²) < 4.78 is 0. The minimum Gasteiger partial charge on any atom is -0.355 e. The minimum atomic E-state index is 0.342. The highest BCUT2D eigenvalue weighted by molar-refractivity contribution is 5.78. The number of carbonyl (C=O) groups excluding carboxylic acids is 1. The number of nitrogens with one attached hydrogen (secondary N) is 1. The normalized spacial score (nSPS) is 44.7. The van der Waals surface area contributed by atoms with E-state index in [-0.39, 0.29) is 0 Å². The number of hydrogen-bond donors (Lipinski definition) is 1. The fourth-order valence-corrected chi connectivity index (χ4v) is 6.11. The molecule has 5 aliphatic carbocycles. The molecular formula is C17H27NO. The molecule has 2 nitrogen and oxygen atoms in total. The molecule has 5 saturated carbocycles. The SMILES string of the molecule is O=C(NCC12CC3CC(CC(C3)C1)C2)C1CCCC1. The topological polar surface area (TPSA) is 29.1 Å². The van der Waals surface area contributed by atoms with Gasteiger partial charge in [0.15, 0.2) is 0 Å². The second-order valence-corrected chi connectivity index (χ2v) is 8.12. The third kappa shape index (κ3) is 2.21. The highest BCUT2D eigenvalue weighted by Gasteiger charge is 2.50. The smallest absolute Gasteiger partial charge is 0.223 e. The van der Waals surface area contributed by atoms with E-state index in [1.54, 1.807) is 0 Å². The Hall–Kier alpha value is -0.530. The van der Waals surface area contributed by atoms with Crippen molar-refractivity contribution in [3.63, 3.8) is 0 Å². The van der Waals surface area contributed by atoms with Gasteiger partial charge < -0.3 is 5.32 Å². The Bertz CT molecular complexity index is 334. The maximum absolute atomic E-state index is 12.2. The zero-order chi connectivity index (χ0) is 12.9. The summed E-state index contributed by atoms with van der Waals surface area (Å²) in [5.74, 6) is 3.70. The summed E-state index contributed by atoms with van der Waals surface area (Å²) in [4.78, 5) is 12.2. The Morgan fingerprint density at radius 2 is 1.47 bits per heavy atom. The van der Waals surface area contributed by atoms with Crippen molar-refractivity contribution in [3.05, 3.63) is 0 Å². The molecule has 106 valence electrons. The van der Waals surface area contributed by atoms with Crippen LogP contribution in [0.3, 0.4) is 0 Å². The molecule has 0 spiro atoms. The van der Waals surface area contributed by atoms with Crippen molar-refractivity contribution < 1.29 is 4.79 Å². The number of amides is 1. The standard InChI is InChI=1S/C17H27NO/c19-16(15-3-1-2-4-15)18-11-17-8-12-5-13(9-17)7-14(6-12)10-17/h12-15H,1-11H2,(H,18,19). The van der Waals surface area contributed by atoms with Crippen LogP contribution in [-0.4, -0.2) is 12.5 Å². The van der Waals surface area contributed by atoms with E-state index in [2.05, 4.69) is 5.32 Å². The molecule has 0 heterocycles. The third-order valence-electron chi connectivity index (χ3n) is 6.53. The third-order valence-corrected chi connectivity index (χ3v) is 6.53. The van der Waals surface area contributed by atoms with E-state index in [4.69, 9.17) is 0 Å². The molecule has 1 N–H and O–H groups in total. The summed E-state index contributed by atoms with van der Waals surface area (Å²) in [7, 11) is 0. The lowest BCUT2D eigenvalue weighted by Crippen LogP contribution is -2.51. The first-order valence-corrected chi connectivity index (χ1v) is 8.50. The monoisotopic (exact) mass is 261 g/mol. The van der Waals surface area contributed by atoms with Crippen molar-refractivity contribution in [2.75, 3.05) is 6.54 Å². The second kappa shape index (κ2) is 4.49. The molecule has 0 saturated heterocycles. The van der Waals surface area contributed by atoms with Crippen molar-refractivity contribution in [2.45, 2.75) is 64.2 Å². The lowest BCUT2D eigenvalue weighted by molar-refractivity contribution is -0.127. The first kappa shape index (κ1) is 12.2. The molecule has 5 aliphatic rings. The molecule has 2 heteroatoms. The average molecular weight is 261 g/mol. The predicted octanol–water partition coefficient (Wildman–Crippen LogP) is 3.51. The number of rotatable bonds is 3. The molecule has 1 amide bonds. The Morgan fingerprint density at radius 1 is 0.947 bits per heavy atom. The van der Waals surface area contributed by atoms with Crippen molar-refractivity contribution in [2.24, 2.45) is 29.1 Å². The maximum atomic E-state index is 12.2. The summed E-state index contributed by atoms with van der Waals surface area (Å²) in [5, 5.41) is 3.34. The van der Waals surface area contributed by atoms with Gasteiger partial charge in [0.1, 0.15) is 0 Å². The van der Waals surface area contributed by atoms with Gasteiger partial charge in [-0.1, -0.05) is 12.8 Å². The summed E-state index contributed by atoms with van der Waals surface area (Å²) in [5.41, 5.74) is 0.503. The summed E-state index contributed by atoms with van der Waals surface area (Å²) >= 11 is 0. The van der Waals surface area contributed by atoms with E-state index in [1.807, 2.05) is 0 Å². The summed E-state index contributed by atoms with van der Waals surface area (Å²) in [6.45, 7) is 0.992. The van der Waals surface area contributed by atoms with Gasteiger partial charge in [-0.2, -0.15) is 0 Å². The van der Waals surface area contributed by atoms with Crippen LogP contribution in [0, 0.1) is 29.1 Å². The molecular weight excluding hydrogens is 234 g/mol. The van der Waals surface area contributed by atoms with Gasteiger partial charge >= 0.3 is 0 Å². The van der Waals surface area contributed by atoms with Crippen molar-refractivity contribution >= 4 is 5.91 Å². The highest BCUT2D eigenvalue weighted by Crippen LogP contribution is 2.59. The van der Waals surface area contributed by atoms with Gasteiger partial charge in [0.2, 0.25) is 5.91 Å². The van der Waals surface area contributed by atoms with E-state index >= 15 is 0 Å². The minimum absolute atomic E-state index is 0.342. The van der Waals surface area contributed by atoms with Gasteiger partial charge in [-0.25, -0.2) is 0 Å². The summed E-state index contributed by atoms with van der Waals surface area (Å²) in [6, 6.07) is 0. The van der Waals surface area contributed by atoms with E-state index in [1.165, 1.54) is 51.4 Å². The maximum Gasteiger partial charge on any atom is 0.223 e. The molecule has 4 bridgehead atoms. The molecule has 0 radical (unpaired) electrons. The van der Waals surface area contributed by atoms with E-state index < -0.39 is 0 Å². The van der Waals surface area contributed by atoms with Gasteiger partial charge in [-0.3, -0.25) is 4.79 Å². The Balaban J connectivity index is 1.38. The van der Waals surface area contributed by atoms with Crippen LogP contribution in [0.2, 0.25) is 0 Å². The first-order valence-electron chi connectivity index (χ1n) is 8.50. The van der Waals surface area contributed by atoms with Crippen LogP contribution in [0.4, 0.5) is 0 Å². The van der Waals surface area contributed by atoms with Gasteiger partial charge in [-0.05, 0) is 74.5 Å². The zero-order valence-corrected chi connectivity index (χ0v) is 12.0. The number of carbonyl (C=O) groups is 1. The Morgan fingerprint density at radius 3 is 2.00 bits per heavy atom. The van der Waals surface area contributed by atoms with Gasteiger partial charge in [0.25, 0.3) is 0 Å². The van der Waals surface area contributed by atoms with Crippen LogP contribution in [-0.2, 0) is 4.79 Å². The molecule has 0 aliphatic heterocycles. The Kier molecular flexibility index (Phi) is 2.89. The highest BCUT2D eigenvalue weighted by atomic mass is 16.1. The zero-order valence-electron chi connectivity index (χ0n) is 12.0. The second-order valence-electron chi connectivity index (χ2n) is 8.12. The molecule has 0 aromatic carbocycles. The van der Waals surface area contributed by atoms with E-state index in [9.17, 15) is 4.79 Å². The van der Waals surface area contributed by atoms with Crippen LogP contribution >= 0.6 is 0 Å². The van der Waals surface area contributed by atoms with Crippen LogP contribution in [0.25, 0.3) is 0 Å². The van der Waals surface area contributed by atoms with Crippen LogP contribution in [0.1, 0.15) is 64.2 Å². The first-order chi connectivity index (χ1) is 9.22. The fourth-order valence-electron chi connectivity index (χ4n) is 6.11. The summed E-state index contributed by atoms with van der Waals surface area (Å²) in [6.07, 6.45) is 13.5. The molecule has 0 atom stereocenters. The molecule has 0 aromatic rings. The van der Waals surface area contributed by atoms with E-state index in [0.717, 1.165) is 37.1 Å². The fraction of sp³-hybridized carbons (Fsp3) is 0.941. The predicted molar refractivity (Wildman–Crippen MR) is 75.6 cm³/mol. The van der Waals surface area contributed by atoms with Crippen molar-refractivity contribution in [1.82, 2.24) is 5.32 Å².